The molecule has 19 heavy (non-hydrogen) atoms. The highest BCUT2D eigenvalue weighted by atomic mass is 35.5. The summed E-state index contributed by atoms with van der Waals surface area (Å²) >= 11 is 7.33. The molecule has 0 spiro atoms. The molecule has 0 fully saturated rings. The molecule has 2 rings (SSSR count). The minimum absolute atomic E-state index is 0.0416. The highest BCUT2D eigenvalue weighted by Gasteiger charge is 2.14. The fraction of sp³-hybridized carbons (Fsp3) is 0.267. The lowest BCUT2D eigenvalue weighted by Gasteiger charge is -2.06. The predicted octanol–water partition coefficient (Wildman–Crippen LogP) is 4.81. The van der Waals surface area contributed by atoms with Crippen molar-refractivity contribution in [2.45, 2.75) is 19.8 Å². The zero-order valence-electron chi connectivity index (χ0n) is 10.7. The number of benzene rings is 1. The normalized spacial score (nSPS) is 10.4. The summed E-state index contributed by atoms with van der Waals surface area (Å²) in [4.78, 5) is 12.8. The Hall–Kier alpha value is -1.32. The molecule has 0 saturated heterocycles. The van der Waals surface area contributed by atoms with Crippen LogP contribution in [0.1, 0.15) is 35.0 Å². The zero-order chi connectivity index (χ0) is 13.7. The fourth-order valence-corrected chi connectivity index (χ4v) is 2.73. The lowest BCUT2D eigenvalue weighted by atomic mass is 10.1. The number of unbranched alkanes of at least 4 members (excludes halogenated alkanes) is 1. The quantitative estimate of drug-likeness (QED) is 0.564. The van der Waals surface area contributed by atoms with Gasteiger partial charge in [-0.3, -0.25) is 4.79 Å². The maximum Gasteiger partial charge on any atom is 0.204 e. The van der Waals surface area contributed by atoms with E-state index in [1.807, 2.05) is 17.5 Å². The molecular weight excluding hydrogens is 280 g/mol. The van der Waals surface area contributed by atoms with E-state index in [2.05, 4.69) is 6.92 Å². The Labute approximate surface area is 122 Å². The second-order valence-electron chi connectivity index (χ2n) is 4.15. The van der Waals surface area contributed by atoms with Gasteiger partial charge in [-0.1, -0.05) is 24.9 Å². The number of carbonyl (C=O) groups is 1. The molecule has 0 unspecified atom stereocenters. The number of hydrogen-bond acceptors (Lipinski definition) is 3. The molecule has 0 amide bonds. The topological polar surface area (TPSA) is 26.3 Å². The van der Waals surface area contributed by atoms with Crippen molar-refractivity contribution in [1.82, 2.24) is 0 Å². The van der Waals surface area contributed by atoms with E-state index in [9.17, 15) is 4.79 Å². The summed E-state index contributed by atoms with van der Waals surface area (Å²) < 4.78 is 5.56. The summed E-state index contributed by atoms with van der Waals surface area (Å²) in [6.07, 6.45) is 2.14. The smallest absolute Gasteiger partial charge is 0.204 e. The Bertz CT molecular complexity index is 546. The van der Waals surface area contributed by atoms with Crippen LogP contribution in [0.15, 0.2) is 35.7 Å². The van der Waals surface area contributed by atoms with E-state index in [4.69, 9.17) is 16.3 Å². The van der Waals surface area contributed by atoms with Crippen LogP contribution in [0.4, 0.5) is 0 Å². The SMILES string of the molecule is CCCCOc1ccc(C(=O)c2sccc2Cl)cc1. The molecule has 0 atom stereocenters. The zero-order valence-corrected chi connectivity index (χ0v) is 12.3. The highest BCUT2D eigenvalue weighted by Crippen LogP contribution is 2.25. The van der Waals surface area contributed by atoms with E-state index in [1.165, 1.54) is 11.3 Å². The Balaban J connectivity index is 2.06. The lowest BCUT2D eigenvalue weighted by Crippen LogP contribution is -2.00. The molecule has 1 aromatic heterocycles. The van der Waals surface area contributed by atoms with Crippen LogP contribution in [0.3, 0.4) is 0 Å². The number of carbonyl (C=O) groups excluding carboxylic acids is 1. The number of rotatable bonds is 6. The lowest BCUT2D eigenvalue weighted by molar-refractivity contribution is 0.104. The average molecular weight is 295 g/mol. The van der Waals surface area contributed by atoms with Gasteiger partial charge in [0.15, 0.2) is 0 Å². The van der Waals surface area contributed by atoms with Gasteiger partial charge < -0.3 is 4.74 Å². The Morgan fingerprint density at radius 2 is 2.00 bits per heavy atom. The van der Waals surface area contributed by atoms with Crippen LogP contribution in [-0.4, -0.2) is 12.4 Å². The van der Waals surface area contributed by atoms with Crippen LogP contribution < -0.4 is 4.74 Å². The molecule has 0 bridgehead atoms. The molecule has 2 nitrogen and oxygen atoms in total. The monoisotopic (exact) mass is 294 g/mol. The average Bonchev–Trinajstić information content (AvgIpc) is 2.85. The largest absolute Gasteiger partial charge is 0.494 e. The van der Waals surface area contributed by atoms with Gasteiger partial charge in [0.2, 0.25) is 5.78 Å². The number of ether oxygens (including phenoxy) is 1. The van der Waals surface area contributed by atoms with E-state index < -0.39 is 0 Å². The summed E-state index contributed by atoms with van der Waals surface area (Å²) in [7, 11) is 0. The molecule has 1 aromatic carbocycles. The van der Waals surface area contributed by atoms with Gasteiger partial charge in [-0.25, -0.2) is 0 Å². The predicted molar refractivity (Wildman–Crippen MR) is 79.6 cm³/mol. The molecule has 100 valence electrons. The van der Waals surface area contributed by atoms with Crippen molar-refractivity contribution in [3.8, 4) is 5.75 Å². The molecule has 0 aliphatic carbocycles. The van der Waals surface area contributed by atoms with Crippen LogP contribution in [0, 0.1) is 0 Å². The number of ketones is 1. The second kappa shape index (κ2) is 6.73. The summed E-state index contributed by atoms with van der Waals surface area (Å²) in [5.74, 6) is 0.752. The number of hydrogen-bond donors (Lipinski definition) is 0. The van der Waals surface area contributed by atoms with Crippen molar-refractivity contribution in [3.63, 3.8) is 0 Å². The van der Waals surface area contributed by atoms with Crippen LogP contribution >= 0.6 is 22.9 Å². The molecule has 0 aliphatic heterocycles. The first-order valence-corrected chi connectivity index (χ1v) is 7.48. The molecule has 2 aromatic rings. The summed E-state index contributed by atoms with van der Waals surface area (Å²) in [6, 6.07) is 8.94. The van der Waals surface area contributed by atoms with Crippen molar-refractivity contribution in [3.05, 3.63) is 51.2 Å². The molecule has 0 radical (unpaired) electrons. The van der Waals surface area contributed by atoms with E-state index in [0.29, 0.717) is 22.1 Å². The van der Waals surface area contributed by atoms with Gasteiger partial charge in [-0.15, -0.1) is 11.3 Å². The van der Waals surface area contributed by atoms with Gasteiger partial charge in [0.25, 0.3) is 0 Å². The van der Waals surface area contributed by atoms with Gasteiger partial charge in [0, 0.05) is 5.56 Å². The Morgan fingerprint density at radius 3 is 2.58 bits per heavy atom. The van der Waals surface area contributed by atoms with Crippen LogP contribution in [0.25, 0.3) is 0 Å². The summed E-state index contributed by atoms with van der Waals surface area (Å²) in [5.41, 5.74) is 0.632. The van der Waals surface area contributed by atoms with Crippen molar-refractivity contribution in [2.24, 2.45) is 0 Å². The Morgan fingerprint density at radius 1 is 1.26 bits per heavy atom. The maximum atomic E-state index is 12.2. The second-order valence-corrected chi connectivity index (χ2v) is 5.48. The maximum absolute atomic E-state index is 12.2. The molecule has 1 heterocycles. The molecule has 0 N–H and O–H groups in total. The van der Waals surface area contributed by atoms with E-state index >= 15 is 0 Å². The fourth-order valence-electron chi connectivity index (χ4n) is 1.62. The van der Waals surface area contributed by atoms with Gasteiger partial charge in [-0.05, 0) is 42.1 Å². The standard InChI is InChI=1S/C15H15ClO2S/c1-2-3-9-18-12-6-4-11(5-7-12)14(17)15-13(16)8-10-19-15/h4-8,10H,2-3,9H2,1H3. The minimum atomic E-state index is -0.0416. The van der Waals surface area contributed by atoms with Crippen LogP contribution in [-0.2, 0) is 0 Å². The van der Waals surface area contributed by atoms with E-state index in [0.717, 1.165) is 18.6 Å². The third kappa shape index (κ3) is 3.58. The molecule has 0 aliphatic rings. The summed E-state index contributed by atoms with van der Waals surface area (Å²) in [5, 5.41) is 2.33. The molecule has 4 heteroatoms. The minimum Gasteiger partial charge on any atom is -0.494 e. The van der Waals surface area contributed by atoms with Crippen molar-refractivity contribution >= 4 is 28.7 Å². The van der Waals surface area contributed by atoms with E-state index in [1.54, 1.807) is 18.2 Å². The van der Waals surface area contributed by atoms with Crippen molar-refractivity contribution in [1.29, 1.82) is 0 Å². The van der Waals surface area contributed by atoms with Gasteiger partial charge in [-0.2, -0.15) is 0 Å². The highest BCUT2D eigenvalue weighted by molar-refractivity contribution is 7.13. The first-order chi connectivity index (χ1) is 9.22. The third-order valence-corrected chi connectivity index (χ3v) is 4.05. The Kier molecular flexibility index (Phi) is 5.00. The van der Waals surface area contributed by atoms with Gasteiger partial charge >= 0.3 is 0 Å². The van der Waals surface area contributed by atoms with E-state index in [-0.39, 0.29) is 5.78 Å². The van der Waals surface area contributed by atoms with Crippen LogP contribution in [0.2, 0.25) is 5.02 Å². The summed E-state index contributed by atoms with van der Waals surface area (Å²) in [6.45, 7) is 2.83. The van der Waals surface area contributed by atoms with Gasteiger partial charge in [0.05, 0.1) is 16.5 Å². The van der Waals surface area contributed by atoms with Crippen LogP contribution in [0.5, 0.6) is 5.75 Å². The molecule has 0 saturated carbocycles. The number of thiophene rings is 1. The number of halogens is 1. The van der Waals surface area contributed by atoms with Crippen molar-refractivity contribution < 1.29 is 9.53 Å². The van der Waals surface area contributed by atoms with Gasteiger partial charge in [0.1, 0.15) is 5.75 Å². The first kappa shape index (κ1) is 14.1. The first-order valence-electron chi connectivity index (χ1n) is 6.23. The third-order valence-electron chi connectivity index (χ3n) is 2.71. The van der Waals surface area contributed by atoms with Crippen molar-refractivity contribution in [2.75, 3.05) is 6.61 Å². The molecular formula is C15H15ClO2S.